The fourth-order valence-corrected chi connectivity index (χ4v) is 3.49. The maximum atomic E-state index is 11.3. The van der Waals surface area contributed by atoms with E-state index in [0.717, 1.165) is 31.3 Å². The SMILES string of the molecule is CC(=O)NC1=C(C(=O)O)C2=C(CCCC2)SC1. The highest BCUT2D eigenvalue weighted by molar-refractivity contribution is 8.03. The molecule has 0 spiro atoms. The van der Waals surface area contributed by atoms with Crippen LogP contribution in [-0.2, 0) is 9.59 Å². The summed E-state index contributed by atoms with van der Waals surface area (Å²) in [7, 11) is 0. The Hall–Kier alpha value is -1.23. The number of carbonyl (C=O) groups is 2. The maximum Gasteiger partial charge on any atom is 0.337 e. The molecule has 0 radical (unpaired) electrons. The van der Waals surface area contributed by atoms with E-state index >= 15 is 0 Å². The van der Waals surface area contributed by atoms with Gasteiger partial charge in [0.05, 0.1) is 5.57 Å². The van der Waals surface area contributed by atoms with E-state index in [1.807, 2.05) is 0 Å². The van der Waals surface area contributed by atoms with Crippen LogP contribution < -0.4 is 5.32 Å². The van der Waals surface area contributed by atoms with Crippen molar-refractivity contribution in [3.05, 3.63) is 21.7 Å². The summed E-state index contributed by atoms with van der Waals surface area (Å²) in [6.07, 6.45) is 3.95. The molecule has 0 aromatic carbocycles. The number of rotatable bonds is 2. The molecule has 2 rings (SSSR count). The van der Waals surface area contributed by atoms with Crippen molar-refractivity contribution in [3.63, 3.8) is 0 Å². The van der Waals surface area contributed by atoms with Gasteiger partial charge in [0.2, 0.25) is 5.91 Å². The van der Waals surface area contributed by atoms with Crippen molar-refractivity contribution in [1.82, 2.24) is 5.32 Å². The van der Waals surface area contributed by atoms with Crippen molar-refractivity contribution in [1.29, 1.82) is 0 Å². The molecule has 0 bridgehead atoms. The zero-order valence-electron chi connectivity index (χ0n) is 9.71. The quantitative estimate of drug-likeness (QED) is 0.790. The van der Waals surface area contributed by atoms with Gasteiger partial charge in [-0.05, 0) is 36.2 Å². The molecule has 1 aliphatic carbocycles. The highest BCUT2D eigenvalue weighted by Crippen LogP contribution is 2.41. The molecule has 1 aliphatic heterocycles. The number of carbonyl (C=O) groups excluding carboxylic acids is 1. The lowest BCUT2D eigenvalue weighted by Crippen LogP contribution is -2.28. The van der Waals surface area contributed by atoms with Crippen LogP contribution in [0, 0.1) is 0 Å². The van der Waals surface area contributed by atoms with Crippen LogP contribution in [0.5, 0.6) is 0 Å². The smallest absolute Gasteiger partial charge is 0.337 e. The van der Waals surface area contributed by atoms with Gasteiger partial charge in [0.1, 0.15) is 0 Å². The van der Waals surface area contributed by atoms with E-state index in [-0.39, 0.29) is 5.91 Å². The van der Waals surface area contributed by atoms with Gasteiger partial charge in [-0.25, -0.2) is 4.79 Å². The molecule has 0 aromatic rings. The molecule has 5 heteroatoms. The summed E-state index contributed by atoms with van der Waals surface area (Å²) in [5.74, 6) is -0.581. The van der Waals surface area contributed by atoms with Crippen molar-refractivity contribution in [3.8, 4) is 0 Å². The first-order chi connectivity index (χ1) is 8.09. The Labute approximate surface area is 104 Å². The molecule has 0 saturated heterocycles. The van der Waals surface area contributed by atoms with Crippen LogP contribution in [0.3, 0.4) is 0 Å². The Kier molecular flexibility index (Phi) is 3.57. The average molecular weight is 253 g/mol. The van der Waals surface area contributed by atoms with Gasteiger partial charge in [0, 0.05) is 18.4 Å². The summed E-state index contributed by atoms with van der Waals surface area (Å²) in [5, 5.41) is 12.0. The van der Waals surface area contributed by atoms with E-state index in [4.69, 9.17) is 0 Å². The third-order valence-corrected chi connectivity index (χ3v) is 4.18. The van der Waals surface area contributed by atoms with Crippen LogP contribution in [0.4, 0.5) is 0 Å². The number of amides is 1. The van der Waals surface area contributed by atoms with E-state index in [1.165, 1.54) is 11.8 Å². The van der Waals surface area contributed by atoms with Crippen LogP contribution in [0.15, 0.2) is 21.7 Å². The van der Waals surface area contributed by atoms with Gasteiger partial charge in [-0.3, -0.25) is 4.79 Å². The topological polar surface area (TPSA) is 66.4 Å². The lowest BCUT2D eigenvalue weighted by Gasteiger charge is -2.27. The van der Waals surface area contributed by atoms with E-state index < -0.39 is 5.97 Å². The van der Waals surface area contributed by atoms with Gasteiger partial charge >= 0.3 is 5.97 Å². The first-order valence-corrected chi connectivity index (χ1v) is 6.67. The normalized spacial score (nSPS) is 20.1. The number of carboxylic acid groups (broad SMARTS) is 1. The van der Waals surface area contributed by atoms with Crippen LogP contribution in [0.25, 0.3) is 0 Å². The molecule has 1 heterocycles. The Morgan fingerprint density at radius 3 is 2.65 bits per heavy atom. The lowest BCUT2D eigenvalue weighted by atomic mass is 9.91. The first-order valence-electron chi connectivity index (χ1n) is 5.69. The predicted molar refractivity (Wildman–Crippen MR) is 66.4 cm³/mol. The lowest BCUT2D eigenvalue weighted by molar-refractivity contribution is -0.132. The summed E-state index contributed by atoms with van der Waals surface area (Å²) >= 11 is 1.66. The van der Waals surface area contributed by atoms with Gasteiger partial charge in [-0.1, -0.05) is 0 Å². The molecule has 0 fully saturated rings. The van der Waals surface area contributed by atoms with Crippen molar-refractivity contribution in [2.24, 2.45) is 0 Å². The van der Waals surface area contributed by atoms with Gasteiger partial charge < -0.3 is 10.4 Å². The molecule has 0 aromatic heterocycles. The van der Waals surface area contributed by atoms with Crippen LogP contribution in [0.2, 0.25) is 0 Å². The van der Waals surface area contributed by atoms with Gasteiger partial charge in [-0.15, -0.1) is 11.8 Å². The maximum absolute atomic E-state index is 11.3. The van der Waals surface area contributed by atoms with E-state index in [9.17, 15) is 14.7 Å². The molecule has 0 saturated carbocycles. The number of hydrogen-bond acceptors (Lipinski definition) is 3. The molecule has 2 aliphatic rings. The number of nitrogens with one attached hydrogen (secondary N) is 1. The molecule has 17 heavy (non-hydrogen) atoms. The van der Waals surface area contributed by atoms with Crippen molar-refractivity contribution in [2.45, 2.75) is 32.6 Å². The van der Waals surface area contributed by atoms with Gasteiger partial charge in [-0.2, -0.15) is 0 Å². The Bertz CT molecular complexity index is 437. The van der Waals surface area contributed by atoms with E-state index in [0.29, 0.717) is 17.0 Å². The van der Waals surface area contributed by atoms with Crippen molar-refractivity contribution >= 4 is 23.6 Å². The summed E-state index contributed by atoms with van der Waals surface area (Å²) in [6.45, 7) is 1.40. The molecule has 4 nitrogen and oxygen atoms in total. The highest BCUT2D eigenvalue weighted by atomic mass is 32.2. The Balaban J connectivity index is 2.41. The number of hydrogen-bond donors (Lipinski definition) is 2. The minimum Gasteiger partial charge on any atom is -0.478 e. The molecule has 2 N–H and O–H groups in total. The number of aliphatic carboxylic acids is 1. The van der Waals surface area contributed by atoms with Crippen LogP contribution >= 0.6 is 11.8 Å². The molecular formula is C12H15NO3S. The predicted octanol–water partition coefficient (Wildman–Crippen LogP) is 2.04. The minimum atomic E-state index is -0.927. The third-order valence-electron chi connectivity index (χ3n) is 2.95. The third kappa shape index (κ3) is 2.54. The molecule has 1 amide bonds. The fourth-order valence-electron chi connectivity index (χ4n) is 2.28. The standard InChI is InChI=1S/C12H15NO3S/c1-7(14)13-9-6-17-10-5-3-2-4-8(10)11(9)12(15)16/h2-6H2,1H3,(H,13,14)(H,15,16). The second-order valence-electron chi connectivity index (χ2n) is 4.24. The summed E-state index contributed by atoms with van der Waals surface area (Å²) in [5.41, 5.74) is 1.81. The second kappa shape index (κ2) is 4.96. The number of carboxylic acids is 1. The summed E-state index contributed by atoms with van der Waals surface area (Å²) < 4.78 is 0. The first kappa shape index (κ1) is 12.2. The zero-order valence-corrected chi connectivity index (χ0v) is 10.5. The fraction of sp³-hybridized carbons (Fsp3) is 0.500. The monoisotopic (exact) mass is 253 g/mol. The van der Waals surface area contributed by atoms with Gasteiger partial charge in [0.15, 0.2) is 0 Å². The molecule has 0 atom stereocenters. The number of allylic oxidation sites excluding steroid dienone is 1. The largest absolute Gasteiger partial charge is 0.478 e. The minimum absolute atomic E-state index is 0.209. The van der Waals surface area contributed by atoms with Crippen molar-refractivity contribution in [2.75, 3.05) is 5.75 Å². The molecule has 92 valence electrons. The highest BCUT2D eigenvalue weighted by Gasteiger charge is 2.28. The molecular weight excluding hydrogens is 238 g/mol. The zero-order chi connectivity index (χ0) is 12.4. The van der Waals surface area contributed by atoms with Gasteiger partial charge in [0.25, 0.3) is 0 Å². The van der Waals surface area contributed by atoms with Crippen LogP contribution in [-0.4, -0.2) is 22.7 Å². The van der Waals surface area contributed by atoms with Crippen LogP contribution in [0.1, 0.15) is 32.6 Å². The summed E-state index contributed by atoms with van der Waals surface area (Å²) in [6, 6.07) is 0. The molecule has 0 unspecified atom stereocenters. The Morgan fingerprint density at radius 1 is 1.29 bits per heavy atom. The average Bonchev–Trinajstić information content (AvgIpc) is 2.27. The van der Waals surface area contributed by atoms with Crippen molar-refractivity contribution < 1.29 is 14.7 Å². The second-order valence-corrected chi connectivity index (χ2v) is 5.31. The Morgan fingerprint density at radius 2 is 2.00 bits per heavy atom. The summed E-state index contributed by atoms with van der Waals surface area (Å²) in [4.78, 5) is 23.6. The number of thioether (sulfide) groups is 1. The van der Waals surface area contributed by atoms with E-state index in [2.05, 4.69) is 5.32 Å². The van der Waals surface area contributed by atoms with E-state index in [1.54, 1.807) is 11.8 Å².